The van der Waals surface area contributed by atoms with Crippen LogP contribution in [0.2, 0.25) is 0 Å². The smallest absolute Gasteiger partial charge is 0.315 e. The van der Waals surface area contributed by atoms with Crippen LogP contribution in [0, 0.1) is 16.7 Å². The van der Waals surface area contributed by atoms with E-state index >= 15 is 0 Å². The summed E-state index contributed by atoms with van der Waals surface area (Å²) in [5.74, 6) is -1.09. The molecule has 3 rings (SSSR count). The van der Waals surface area contributed by atoms with Gasteiger partial charge in [0.05, 0.1) is 6.07 Å². The number of nitrogens with one attached hydrogen (secondary N) is 1. The van der Waals surface area contributed by atoms with Crippen molar-refractivity contribution in [1.82, 2.24) is 15.5 Å². The van der Waals surface area contributed by atoms with E-state index in [1.807, 2.05) is 13.8 Å². The fraction of sp³-hybridized carbons (Fsp3) is 0.375. The van der Waals surface area contributed by atoms with Gasteiger partial charge in [-0.3, -0.25) is 4.79 Å². The van der Waals surface area contributed by atoms with Crippen LogP contribution < -0.4 is 5.32 Å². The van der Waals surface area contributed by atoms with Crippen molar-refractivity contribution >= 4 is 5.91 Å². The number of rotatable bonds is 4. The van der Waals surface area contributed by atoms with Crippen LogP contribution in [0.1, 0.15) is 42.9 Å². The molecule has 1 aliphatic carbocycles. The molecule has 0 aliphatic heterocycles. The van der Waals surface area contributed by atoms with Crippen molar-refractivity contribution < 1.29 is 18.1 Å². The van der Waals surface area contributed by atoms with Gasteiger partial charge in [0, 0.05) is 16.5 Å². The molecule has 1 aliphatic rings. The molecule has 1 fully saturated rings. The Labute approximate surface area is 136 Å². The normalized spacial score (nSPS) is 21.3. The van der Waals surface area contributed by atoms with Crippen LogP contribution in [-0.2, 0) is 0 Å². The van der Waals surface area contributed by atoms with Crippen molar-refractivity contribution in [1.29, 1.82) is 5.26 Å². The van der Waals surface area contributed by atoms with Crippen LogP contribution in [0.3, 0.4) is 0 Å². The number of alkyl halides is 2. The summed E-state index contributed by atoms with van der Waals surface area (Å²) in [4.78, 5) is 15.9. The lowest BCUT2D eigenvalue weighted by atomic mass is 10.0. The van der Waals surface area contributed by atoms with E-state index in [-0.39, 0.29) is 17.1 Å². The van der Waals surface area contributed by atoms with E-state index in [9.17, 15) is 18.8 Å². The third-order valence-electron chi connectivity index (χ3n) is 4.29. The molecule has 1 heterocycles. The average Bonchev–Trinajstić information content (AvgIpc) is 2.92. The highest BCUT2D eigenvalue weighted by atomic mass is 19.3. The number of amides is 1. The molecular weight excluding hydrogens is 318 g/mol. The van der Waals surface area contributed by atoms with Gasteiger partial charge in [0.15, 0.2) is 0 Å². The second-order valence-corrected chi connectivity index (χ2v) is 6.37. The second-order valence-electron chi connectivity index (χ2n) is 6.37. The maximum Gasteiger partial charge on any atom is 0.315 e. The Morgan fingerprint density at radius 2 is 2.00 bits per heavy atom. The van der Waals surface area contributed by atoms with E-state index in [2.05, 4.69) is 26.0 Å². The van der Waals surface area contributed by atoms with Gasteiger partial charge in [0.1, 0.15) is 5.54 Å². The molecular formula is C16H14F2N4O2. The molecule has 1 saturated carbocycles. The second kappa shape index (κ2) is 5.37. The Morgan fingerprint density at radius 1 is 1.38 bits per heavy atom. The molecule has 2 aromatic rings. The monoisotopic (exact) mass is 332 g/mol. The lowest BCUT2D eigenvalue weighted by molar-refractivity contribution is 0.0934. The first-order valence-corrected chi connectivity index (χ1v) is 7.24. The largest absolute Gasteiger partial charge is 0.333 e. The van der Waals surface area contributed by atoms with E-state index in [1.165, 1.54) is 24.3 Å². The molecule has 0 radical (unpaired) electrons. The standard InChI is InChI=1S/C16H14F2N4O2/c1-15(2)7-16(15,8-19)21-13(23)10-5-3-9(4-6-10)12-20-14(11(17)18)24-22-12/h3-6,11H,7H2,1-2H3,(H,21,23). The molecule has 6 nitrogen and oxygen atoms in total. The number of halogens is 2. The maximum atomic E-state index is 12.5. The van der Waals surface area contributed by atoms with Gasteiger partial charge >= 0.3 is 6.43 Å². The van der Waals surface area contributed by atoms with Gasteiger partial charge in [-0.2, -0.15) is 19.0 Å². The van der Waals surface area contributed by atoms with Crippen molar-refractivity contribution in [2.24, 2.45) is 5.41 Å². The molecule has 0 spiro atoms. The summed E-state index contributed by atoms with van der Waals surface area (Å²) in [5.41, 5.74) is -0.298. The number of nitriles is 1. The van der Waals surface area contributed by atoms with Crippen LogP contribution in [0.25, 0.3) is 11.4 Å². The van der Waals surface area contributed by atoms with Crippen LogP contribution in [0.15, 0.2) is 28.8 Å². The molecule has 1 atom stereocenters. The van der Waals surface area contributed by atoms with Gasteiger partial charge in [0.25, 0.3) is 11.8 Å². The highest BCUT2D eigenvalue weighted by molar-refractivity contribution is 5.95. The van der Waals surface area contributed by atoms with Gasteiger partial charge in [-0.05, 0) is 18.6 Å². The highest BCUT2D eigenvalue weighted by Crippen LogP contribution is 2.55. The minimum Gasteiger partial charge on any atom is -0.333 e. The number of carbonyl (C=O) groups excluding carboxylic acids is 1. The Morgan fingerprint density at radius 3 is 2.46 bits per heavy atom. The molecule has 1 N–H and O–H groups in total. The third kappa shape index (κ3) is 2.62. The van der Waals surface area contributed by atoms with E-state index in [0.29, 0.717) is 17.5 Å². The molecule has 1 unspecified atom stereocenters. The van der Waals surface area contributed by atoms with E-state index < -0.39 is 17.9 Å². The quantitative estimate of drug-likeness (QED) is 0.929. The van der Waals surface area contributed by atoms with Crippen LogP contribution in [0.4, 0.5) is 8.78 Å². The summed E-state index contributed by atoms with van der Waals surface area (Å²) in [6, 6.07) is 8.26. The van der Waals surface area contributed by atoms with Crippen molar-refractivity contribution in [3.63, 3.8) is 0 Å². The first kappa shape index (κ1) is 16.1. The Balaban J connectivity index is 1.75. The summed E-state index contributed by atoms with van der Waals surface area (Å²) in [6.07, 6.45) is -2.24. The summed E-state index contributed by atoms with van der Waals surface area (Å²) < 4.78 is 29.3. The highest BCUT2D eigenvalue weighted by Gasteiger charge is 2.63. The lowest BCUT2D eigenvalue weighted by Crippen LogP contribution is -2.39. The molecule has 24 heavy (non-hydrogen) atoms. The predicted octanol–water partition coefficient (Wildman–Crippen LogP) is 3.10. The number of carbonyl (C=O) groups is 1. The maximum absolute atomic E-state index is 12.5. The minimum atomic E-state index is -2.83. The molecule has 0 saturated heterocycles. The predicted molar refractivity (Wildman–Crippen MR) is 78.9 cm³/mol. The van der Waals surface area contributed by atoms with Gasteiger partial charge < -0.3 is 9.84 Å². The topological polar surface area (TPSA) is 91.8 Å². The van der Waals surface area contributed by atoms with Gasteiger partial charge in [-0.15, -0.1) is 0 Å². The van der Waals surface area contributed by atoms with Crippen LogP contribution in [0.5, 0.6) is 0 Å². The van der Waals surface area contributed by atoms with Crippen molar-refractivity contribution in [2.75, 3.05) is 0 Å². The van der Waals surface area contributed by atoms with E-state index in [1.54, 1.807) is 0 Å². The number of benzene rings is 1. The van der Waals surface area contributed by atoms with Crippen molar-refractivity contribution in [3.8, 4) is 17.5 Å². The molecule has 1 amide bonds. The van der Waals surface area contributed by atoms with E-state index in [4.69, 9.17) is 0 Å². The molecule has 0 bridgehead atoms. The molecule has 124 valence electrons. The number of nitrogens with zero attached hydrogens (tertiary/aromatic N) is 3. The Kier molecular flexibility index (Phi) is 3.59. The zero-order valence-electron chi connectivity index (χ0n) is 13.0. The summed E-state index contributed by atoms with van der Waals surface area (Å²) >= 11 is 0. The fourth-order valence-corrected chi connectivity index (χ4v) is 2.53. The van der Waals surface area contributed by atoms with Crippen molar-refractivity contribution in [2.45, 2.75) is 32.2 Å². The van der Waals surface area contributed by atoms with Crippen molar-refractivity contribution in [3.05, 3.63) is 35.7 Å². The molecule has 1 aromatic carbocycles. The van der Waals surface area contributed by atoms with Crippen LogP contribution >= 0.6 is 0 Å². The summed E-state index contributed by atoms with van der Waals surface area (Å²) in [5, 5.41) is 15.5. The number of hydrogen-bond donors (Lipinski definition) is 1. The first-order valence-electron chi connectivity index (χ1n) is 7.24. The zero-order chi connectivity index (χ0) is 17.5. The Bertz CT molecular complexity index is 823. The molecule has 8 heteroatoms. The van der Waals surface area contributed by atoms with Gasteiger partial charge in [-0.25, -0.2) is 0 Å². The first-order chi connectivity index (χ1) is 11.3. The average molecular weight is 332 g/mol. The summed E-state index contributed by atoms with van der Waals surface area (Å²) in [6.45, 7) is 3.83. The number of hydrogen-bond acceptors (Lipinski definition) is 5. The molecule has 1 aromatic heterocycles. The lowest BCUT2D eigenvalue weighted by Gasteiger charge is -2.14. The fourth-order valence-electron chi connectivity index (χ4n) is 2.53. The summed E-state index contributed by atoms with van der Waals surface area (Å²) in [7, 11) is 0. The van der Waals surface area contributed by atoms with Crippen LogP contribution in [-0.4, -0.2) is 21.6 Å². The van der Waals surface area contributed by atoms with Gasteiger partial charge in [0.2, 0.25) is 5.82 Å². The minimum absolute atomic E-state index is 0.0223. The zero-order valence-corrected chi connectivity index (χ0v) is 13.0. The number of aromatic nitrogens is 2. The van der Waals surface area contributed by atoms with E-state index in [0.717, 1.165) is 0 Å². The van der Waals surface area contributed by atoms with Gasteiger partial charge in [-0.1, -0.05) is 31.1 Å². The third-order valence-corrected chi connectivity index (χ3v) is 4.29. The SMILES string of the molecule is CC1(C)CC1(C#N)NC(=O)c1ccc(-c2noc(C(F)F)n2)cc1. The Hall–Kier alpha value is -2.82.